The van der Waals surface area contributed by atoms with E-state index in [0.29, 0.717) is 43.5 Å². The maximum atomic E-state index is 14.8. The van der Waals surface area contributed by atoms with Crippen LogP contribution < -0.4 is 61.4 Å². The number of hydrogen-bond donors (Lipinski definition) is 14. The number of guanidine groups is 2. The number of carbonyl (C=O) groups excluding carboxylic acids is 12. The number of hydrogen-bond acceptors (Lipinski definition) is 16. The average molecular weight is 1300 g/mol. The quantitative estimate of drug-likeness (QED) is 0.0209. The molecule has 0 aliphatic rings. The third kappa shape index (κ3) is 27.1. The van der Waals surface area contributed by atoms with Gasteiger partial charge in [0.2, 0.25) is 41.4 Å². The highest BCUT2D eigenvalue weighted by Crippen LogP contribution is 2.27. The largest absolute Gasteiger partial charge is 0.396 e. The molecule has 3 rings (SSSR count). The fourth-order valence-electron chi connectivity index (χ4n) is 11.0. The maximum absolute atomic E-state index is 14.8. The molecule has 0 aliphatic carbocycles. The summed E-state index contributed by atoms with van der Waals surface area (Å²) in [6.45, 7) is 11.9. The summed E-state index contributed by atoms with van der Waals surface area (Å²) < 4.78 is 0. The van der Waals surface area contributed by atoms with E-state index in [1.807, 2.05) is 18.2 Å². The number of rotatable bonds is 47. The lowest BCUT2D eigenvalue weighted by Crippen LogP contribution is -2.51. The Labute approximate surface area is 542 Å². The number of fused-ring (bicyclic) bond motifs is 1. The Hall–Kier alpha value is -8.89. The molecule has 93 heavy (non-hydrogen) atoms. The topological polar surface area (TPSA) is 525 Å². The lowest BCUT2D eigenvalue weighted by molar-refractivity contribution is -0.138. The highest BCUT2D eigenvalue weighted by molar-refractivity contribution is 6.00. The van der Waals surface area contributed by atoms with Crippen molar-refractivity contribution < 1.29 is 62.6 Å². The molecular weight excluding hydrogens is 1200 g/mol. The maximum Gasteiger partial charge on any atom is 0.226 e. The Morgan fingerprint density at radius 1 is 0.548 bits per heavy atom. The van der Waals surface area contributed by atoms with Crippen molar-refractivity contribution in [2.75, 3.05) is 19.7 Å². The summed E-state index contributed by atoms with van der Waals surface area (Å²) in [5, 5.41) is 22.0. The van der Waals surface area contributed by atoms with Crippen molar-refractivity contribution in [3.05, 3.63) is 54.2 Å². The summed E-state index contributed by atoms with van der Waals surface area (Å²) in [6.07, 6.45) is 2.57. The number of nitrogens with two attached hydrogens (primary N) is 7. The lowest BCUT2D eigenvalue weighted by Gasteiger charge is -2.30. The van der Waals surface area contributed by atoms with Crippen LogP contribution in [0.15, 0.2) is 53.0 Å². The van der Waals surface area contributed by atoms with E-state index in [0.717, 1.165) is 10.9 Å². The second kappa shape index (κ2) is 39.5. The molecule has 0 bridgehead atoms. The molecular formula is C64H100N16O13. The van der Waals surface area contributed by atoms with Crippen molar-refractivity contribution in [3.8, 4) is 0 Å². The Morgan fingerprint density at radius 2 is 1.09 bits per heavy atom. The molecule has 0 saturated heterocycles. The first kappa shape index (κ1) is 78.4. The molecule has 21 N–H and O–H groups in total. The molecule has 2 heterocycles. The number of primary amides is 3. The van der Waals surface area contributed by atoms with E-state index in [2.05, 4.69) is 46.2 Å². The van der Waals surface area contributed by atoms with E-state index in [1.54, 1.807) is 60.7 Å². The molecule has 0 aliphatic heterocycles. The fraction of sp³-hybridized carbons (Fsp3) is 0.609. The van der Waals surface area contributed by atoms with Crippen LogP contribution in [0.3, 0.4) is 0 Å². The smallest absolute Gasteiger partial charge is 0.226 e. The third-order valence-electron chi connectivity index (χ3n) is 16.9. The number of benzene rings is 1. The zero-order valence-electron chi connectivity index (χ0n) is 54.7. The minimum atomic E-state index is -1.61. The molecule has 3 aromatic rings. The first-order valence-corrected chi connectivity index (χ1v) is 31.8. The highest BCUT2D eigenvalue weighted by atomic mass is 16.3. The van der Waals surface area contributed by atoms with Crippen LogP contribution >= 0.6 is 0 Å². The van der Waals surface area contributed by atoms with E-state index in [1.165, 1.54) is 12.5 Å². The molecule has 2 aromatic heterocycles. The summed E-state index contributed by atoms with van der Waals surface area (Å²) in [7, 11) is 0. The third-order valence-corrected chi connectivity index (χ3v) is 16.9. The van der Waals surface area contributed by atoms with E-state index >= 15 is 0 Å². The molecule has 7 amide bonds. The SMILES string of the molecule is CC[C@H](C)[C@H](CC(=O)[C@H](CC(N)=O)NC(=O)[C@H](CCCN=C(N)N)CC(=O)[C@H](CC(C)C)NC(=O)[C@H](CO)CC(=O)[C@@H](C)CCCN=C(N)N)C(=O)N[C@H](C(=O)C[C@@H](Cc1cnc[nH]1)C(=O)N[C@@H](Cc1c[nH]c2ccccc12)C(=O)C[C@@H](CC(N)=O)C(N)=O)[C@@H](C)CC. The van der Waals surface area contributed by atoms with Crippen molar-refractivity contribution in [2.45, 2.75) is 175 Å². The number of para-hydroxylation sites is 1. The van der Waals surface area contributed by atoms with Gasteiger partial charge in [0.05, 0.1) is 61.3 Å². The van der Waals surface area contributed by atoms with Crippen LogP contribution in [-0.2, 0) is 70.4 Å². The number of H-pyrrole nitrogens is 2. The summed E-state index contributed by atoms with van der Waals surface area (Å²) in [6, 6.07) is 1.91. The van der Waals surface area contributed by atoms with Crippen molar-refractivity contribution >= 4 is 93.1 Å². The molecule has 29 heteroatoms. The molecule has 1 aromatic carbocycles. The molecule has 0 saturated carbocycles. The monoisotopic (exact) mass is 1300 g/mol. The number of carbonyl (C=O) groups is 12. The van der Waals surface area contributed by atoms with Crippen molar-refractivity contribution in [2.24, 2.45) is 103 Å². The van der Waals surface area contributed by atoms with Crippen LogP contribution in [0, 0.1) is 53.3 Å². The van der Waals surface area contributed by atoms with Gasteiger partial charge < -0.3 is 76.5 Å². The number of aliphatic hydroxyl groups is 1. The van der Waals surface area contributed by atoms with Crippen LogP contribution in [0.1, 0.15) is 150 Å². The molecule has 0 unspecified atom stereocenters. The zero-order valence-corrected chi connectivity index (χ0v) is 54.7. The Balaban J connectivity index is 1.95. The van der Waals surface area contributed by atoms with Gasteiger partial charge in [-0.05, 0) is 61.5 Å². The minimum Gasteiger partial charge on any atom is -0.396 e. The molecule has 0 spiro atoms. The molecule has 12 atom stereocenters. The van der Waals surface area contributed by atoms with E-state index < -0.39 is 181 Å². The number of aliphatic hydroxyl groups excluding tert-OH is 1. The van der Waals surface area contributed by atoms with Gasteiger partial charge in [-0.25, -0.2) is 4.98 Å². The predicted octanol–water partition coefficient (Wildman–Crippen LogP) is 0.602. The number of amides is 7. The van der Waals surface area contributed by atoms with Gasteiger partial charge in [-0.2, -0.15) is 0 Å². The summed E-state index contributed by atoms with van der Waals surface area (Å²) >= 11 is 0. The summed E-state index contributed by atoms with van der Waals surface area (Å²) in [4.78, 5) is 184. The standard InChI is InChI=1S/C64H100N16O13/c1-8-35(5)45(28-53(85)49(29-56(66)88)79-59(90)38(15-13-19-74-64(70)71)23-51(83)47(20-34(3)4)77-61(92)42(32-81)26-50(82)37(7)14-12-18-73-63(68)69)62(93)80-57(36(6)9-2)54(86)25-40(21-43-31-72-33-76-43)60(91)78-48(52(84)24-39(58(67)89)27-55(65)87)22-41-30-75-46-17-11-10-16-44(41)46/h10-11,16-17,30-31,33-40,42,45,47-49,57,75,81H,8-9,12-15,18-29,32H2,1-7H3,(H2,65,87)(H2,66,88)(H2,67,89)(H,72,76)(H,77,92)(H,78,91)(H,79,90)(H,80,93)(H4,68,69,73)(H4,70,71,74)/t35-,36-,37-,38+,39-,40+,42-,45-,47-,48-,49-,57-/m0/s1. The Kier molecular flexibility index (Phi) is 33.3. The summed E-state index contributed by atoms with van der Waals surface area (Å²) in [5.74, 6) is -16.9. The fourth-order valence-corrected chi connectivity index (χ4v) is 11.0. The van der Waals surface area contributed by atoms with Crippen LogP contribution in [-0.4, -0.2) is 146 Å². The first-order chi connectivity index (χ1) is 43.9. The average Bonchev–Trinajstić information content (AvgIpc) is 1.79. The molecule has 29 nitrogen and oxygen atoms in total. The van der Waals surface area contributed by atoms with Gasteiger partial charge in [0.15, 0.2) is 35.1 Å². The normalized spacial score (nSPS) is 15.2. The van der Waals surface area contributed by atoms with Crippen molar-refractivity contribution in [3.63, 3.8) is 0 Å². The Bertz CT molecular complexity index is 3080. The van der Waals surface area contributed by atoms with Crippen molar-refractivity contribution in [1.29, 1.82) is 0 Å². The first-order valence-electron chi connectivity index (χ1n) is 31.8. The number of aromatic nitrogens is 3. The lowest BCUT2D eigenvalue weighted by atomic mass is 9.83. The van der Waals surface area contributed by atoms with Gasteiger partial charge >= 0.3 is 0 Å². The molecule has 0 fully saturated rings. The van der Waals surface area contributed by atoms with E-state index in [-0.39, 0.29) is 68.7 Å². The second-order valence-electron chi connectivity index (χ2n) is 24.9. The number of imidazole rings is 1. The number of ketones is 5. The second-order valence-corrected chi connectivity index (χ2v) is 24.9. The summed E-state index contributed by atoms with van der Waals surface area (Å²) in [5.41, 5.74) is 40.4. The molecule has 0 radical (unpaired) electrons. The highest BCUT2D eigenvalue weighted by Gasteiger charge is 2.39. The predicted molar refractivity (Wildman–Crippen MR) is 349 cm³/mol. The van der Waals surface area contributed by atoms with Crippen LogP contribution in [0.25, 0.3) is 10.9 Å². The number of aromatic amines is 2. The number of nitrogens with zero attached hydrogens (tertiary/aromatic N) is 3. The van der Waals surface area contributed by atoms with Gasteiger partial charge in [-0.1, -0.05) is 79.5 Å². The number of nitrogens with one attached hydrogen (secondary N) is 6. The minimum absolute atomic E-state index is 0.0319. The van der Waals surface area contributed by atoms with Crippen molar-refractivity contribution in [1.82, 2.24) is 36.2 Å². The van der Waals surface area contributed by atoms with E-state index in [9.17, 15) is 62.6 Å². The molecule has 514 valence electrons. The van der Waals surface area contributed by atoms with Gasteiger partial charge in [0.1, 0.15) is 5.78 Å². The van der Waals surface area contributed by atoms with Crippen LogP contribution in [0.2, 0.25) is 0 Å². The van der Waals surface area contributed by atoms with Gasteiger partial charge in [-0.3, -0.25) is 67.5 Å². The van der Waals surface area contributed by atoms with Gasteiger partial charge in [0, 0.05) is 111 Å². The van der Waals surface area contributed by atoms with Crippen LogP contribution in [0.5, 0.6) is 0 Å². The Morgan fingerprint density at radius 3 is 1.66 bits per heavy atom. The van der Waals surface area contributed by atoms with Gasteiger partial charge in [-0.15, -0.1) is 0 Å². The number of Topliss-reactive ketones (excluding diaryl/α,β-unsaturated/α-hetero) is 5. The number of aliphatic imine (C=N–C) groups is 2. The van der Waals surface area contributed by atoms with Gasteiger partial charge in [0.25, 0.3) is 0 Å². The van der Waals surface area contributed by atoms with E-state index in [4.69, 9.17) is 40.1 Å². The van der Waals surface area contributed by atoms with Crippen LogP contribution in [0.4, 0.5) is 0 Å². The zero-order chi connectivity index (χ0) is 69.6.